The van der Waals surface area contributed by atoms with E-state index in [2.05, 4.69) is 14.9 Å². The van der Waals surface area contributed by atoms with Crippen LogP contribution in [-0.4, -0.2) is 66.8 Å². The first kappa shape index (κ1) is 29.0. The van der Waals surface area contributed by atoms with Crippen LogP contribution in [0.25, 0.3) is 0 Å². The van der Waals surface area contributed by atoms with Gasteiger partial charge >= 0.3 is 12.1 Å². The number of pyridine rings is 1. The third-order valence-corrected chi connectivity index (χ3v) is 7.42. The molecule has 2 aliphatic heterocycles. The van der Waals surface area contributed by atoms with Crippen LogP contribution in [0.5, 0.6) is 11.6 Å². The topological polar surface area (TPSA) is 90.7 Å². The fourth-order valence-corrected chi connectivity index (χ4v) is 5.48. The van der Waals surface area contributed by atoms with E-state index >= 15 is 4.39 Å². The highest BCUT2D eigenvalue weighted by molar-refractivity contribution is 6.02. The number of carboxylic acids is 1. The van der Waals surface area contributed by atoms with Crippen LogP contribution < -0.4 is 19.3 Å². The molecule has 1 aromatic heterocycles. The minimum atomic E-state index is -4.67. The Balaban J connectivity index is 1.63. The number of anilines is 2. The molecule has 0 saturated carbocycles. The summed E-state index contributed by atoms with van der Waals surface area (Å²) in [7, 11) is 2.84. The van der Waals surface area contributed by atoms with Crippen LogP contribution in [0.15, 0.2) is 59.7 Å². The van der Waals surface area contributed by atoms with Crippen molar-refractivity contribution in [2.45, 2.75) is 31.6 Å². The Hall–Kier alpha value is -4.55. The fourth-order valence-electron chi connectivity index (χ4n) is 5.48. The molecule has 2 atom stereocenters. The Morgan fingerprint density at radius 1 is 1.10 bits per heavy atom. The van der Waals surface area contributed by atoms with E-state index < -0.39 is 36.0 Å². The number of ether oxygens (including phenoxy) is 2. The van der Waals surface area contributed by atoms with Gasteiger partial charge in [0.2, 0.25) is 11.8 Å². The van der Waals surface area contributed by atoms with Gasteiger partial charge in [-0.1, -0.05) is 12.1 Å². The van der Waals surface area contributed by atoms with Crippen molar-refractivity contribution in [1.82, 2.24) is 9.88 Å². The molecule has 0 amide bonds. The SMILES string of the molecule is COc1cc(N2CCN(C3=Nc4c(F)cccc4[C@H](CC(=O)O)N3c3cc(C(F)(F)F)ccc3OC)C[C@H]2C)ccn1. The zero-order valence-corrected chi connectivity index (χ0v) is 23.1. The number of para-hydroxylation sites is 1. The van der Waals surface area contributed by atoms with Crippen LogP contribution in [0, 0.1) is 5.82 Å². The summed E-state index contributed by atoms with van der Waals surface area (Å²) in [5.74, 6) is -1.20. The van der Waals surface area contributed by atoms with Gasteiger partial charge in [-0.15, -0.1) is 0 Å². The largest absolute Gasteiger partial charge is 0.495 e. The van der Waals surface area contributed by atoms with Crippen molar-refractivity contribution in [3.05, 3.63) is 71.7 Å². The van der Waals surface area contributed by atoms with Crippen LogP contribution >= 0.6 is 0 Å². The molecule has 1 N–H and O–H groups in total. The average molecular weight is 588 g/mol. The molecule has 0 spiro atoms. The maximum absolute atomic E-state index is 15.2. The van der Waals surface area contributed by atoms with Gasteiger partial charge in [0, 0.05) is 49.2 Å². The van der Waals surface area contributed by atoms with Crippen LogP contribution in [0.2, 0.25) is 0 Å². The second kappa shape index (κ2) is 11.4. The minimum Gasteiger partial charge on any atom is -0.495 e. The number of aliphatic carboxylic acids is 1. The number of fused-ring (bicyclic) bond motifs is 1. The van der Waals surface area contributed by atoms with Gasteiger partial charge in [-0.25, -0.2) is 14.4 Å². The van der Waals surface area contributed by atoms with Gasteiger partial charge in [0.25, 0.3) is 0 Å². The highest BCUT2D eigenvalue weighted by Gasteiger charge is 2.41. The summed E-state index contributed by atoms with van der Waals surface area (Å²) < 4.78 is 67.5. The molecular weight excluding hydrogens is 558 g/mol. The molecule has 9 nitrogen and oxygen atoms in total. The van der Waals surface area contributed by atoms with E-state index in [9.17, 15) is 23.1 Å². The van der Waals surface area contributed by atoms with E-state index in [1.54, 1.807) is 12.3 Å². The normalized spacial score (nSPS) is 18.8. The zero-order chi connectivity index (χ0) is 30.2. The Bertz CT molecular complexity index is 1520. The molecule has 1 fully saturated rings. The molecule has 222 valence electrons. The molecular formula is C29H29F4N5O4. The number of benzene rings is 2. The number of methoxy groups -OCH3 is 2. The van der Waals surface area contributed by atoms with Crippen molar-refractivity contribution in [1.29, 1.82) is 0 Å². The molecule has 0 radical (unpaired) electrons. The number of hydrogen-bond donors (Lipinski definition) is 1. The molecule has 0 aliphatic carbocycles. The van der Waals surface area contributed by atoms with E-state index in [1.807, 2.05) is 17.9 Å². The Kier molecular flexibility index (Phi) is 7.85. The average Bonchev–Trinajstić information content (AvgIpc) is 2.96. The van der Waals surface area contributed by atoms with Crippen molar-refractivity contribution in [2.75, 3.05) is 43.7 Å². The monoisotopic (exact) mass is 587 g/mol. The van der Waals surface area contributed by atoms with Gasteiger partial charge in [0.15, 0.2) is 0 Å². The van der Waals surface area contributed by atoms with Crippen LogP contribution in [0.3, 0.4) is 0 Å². The highest BCUT2D eigenvalue weighted by Crippen LogP contribution is 2.46. The third-order valence-electron chi connectivity index (χ3n) is 7.42. The molecule has 2 aromatic carbocycles. The summed E-state index contributed by atoms with van der Waals surface area (Å²) in [6, 6.07) is 9.63. The molecule has 3 aromatic rings. The van der Waals surface area contributed by atoms with E-state index in [4.69, 9.17) is 9.47 Å². The number of nitrogens with zero attached hydrogens (tertiary/aromatic N) is 5. The summed E-state index contributed by atoms with van der Waals surface area (Å²) in [5, 5.41) is 9.87. The number of piperazine rings is 1. The van der Waals surface area contributed by atoms with Crippen molar-refractivity contribution in [2.24, 2.45) is 4.99 Å². The molecule has 1 saturated heterocycles. The predicted octanol–water partition coefficient (Wildman–Crippen LogP) is 5.49. The number of alkyl halides is 3. The summed E-state index contributed by atoms with van der Waals surface area (Å²) in [5.41, 5.74) is 0.102. The number of hydrogen-bond acceptors (Lipinski definition) is 8. The number of carboxylic acid groups (broad SMARTS) is 1. The summed E-state index contributed by atoms with van der Waals surface area (Å²) >= 11 is 0. The molecule has 13 heteroatoms. The predicted molar refractivity (Wildman–Crippen MR) is 148 cm³/mol. The Morgan fingerprint density at radius 3 is 2.55 bits per heavy atom. The second-order valence-corrected chi connectivity index (χ2v) is 10.0. The molecule has 0 unspecified atom stereocenters. The summed E-state index contributed by atoms with van der Waals surface area (Å²) in [4.78, 5) is 26.3. The Labute approximate surface area is 239 Å². The molecule has 2 aliphatic rings. The van der Waals surface area contributed by atoms with Gasteiger partial charge in [-0.2, -0.15) is 13.2 Å². The zero-order valence-electron chi connectivity index (χ0n) is 23.1. The summed E-state index contributed by atoms with van der Waals surface area (Å²) in [6.07, 6.45) is -3.57. The van der Waals surface area contributed by atoms with Crippen LogP contribution in [0.4, 0.5) is 34.6 Å². The van der Waals surface area contributed by atoms with Crippen molar-refractivity contribution in [3.63, 3.8) is 0 Å². The summed E-state index contributed by atoms with van der Waals surface area (Å²) in [6.45, 7) is 3.16. The lowest BCUT2D eigenvalue weighted by Gasteiger charge is -2.47. The fraction of sp³-hybridized carbons (Fsp3) is 0.345. The third kappa shape index (κ3) is 5.50. The van der Waals surface area contributed by atoms with Crippen molar-refractivity contribution in [3.8, 4) is 11.6 Å². The lowest BCUT2D eigenvalue weighted by Crippen LogP contribution is -2.58. The van der Waals surface area contributed by atoms with Crippen molar-refractivity contribution < 1.29 is 36.9 Å². The number of carbonyl (C=O) groups is 1. The van der Waals surface area contributed by atoms with Gasteiger partial charge < -0.3 is 29.3 Å². The molecule has 0 bridgehead atoms. The molecule has 5 rings (SSSR count). The van der Waals surface area contributed by atoms with Gasteiger partial charge in [0.1, 0.15) is 17.3 Å². The standard InChI is InChI=1S/C29H29F4N5O4/c1-17-16-36(11-12-37(17)19-9-10-34-25(14-19)42-3)28-35-27-20(5-4-6-21(27)30)22(15-26(39)40)38(28)23-13-18(29(31,32)33)7-8-24(23)41-2/h4-10,13-14,17,22H,11-12,15-16H2,1-3H3,(H,39,40)/t17-,22+/m1/s1. The smallest absolute Gasteiger partial charge is 0.416 e. The van der Waals surface area contributed by atoms with Crippen LogP contribution in [0.1, 0.15) is 30.5 Å². The molecule has 3 heterocycles. The second-order valence-electron chi connectivity index (χ2n) is 10.0. The van der Waals surface area contributed by atoms with Gasteiger partial charge in [0.05, 0.1) is 37.9 Å². The number of guanidine groups is 1. The maximum atomic E-state index is 15.2. The lowest BCUT2D eigenvalue weighted by molar-refractivity contribution is -0.138. The maximum Gasteiger partial charge on any atom is 0.416 e. The number of halogens is 4. The lowest BCUT2D eigenvalue weighted by atomic mass is 9.96. The van der Waals surface area contributed by atoms with E-state index in [0.29, 0.717) is 25.5 Å². The van der Waals surface area contributed by atoms with E-state index in [1.165, 1.54) is 43.4 Å². The first-order chi connectivity index (χ1) is 20.0. The minimum absolute atomic E-state index is 0.0267. The van der Waals surface area contributed by atoms with Gasteiger partial charge in [-0.3, -0.25) is 4.79 Å². The molecule has 42 heavy (non-hydrogen) atoms. The highest BCUT2D eigenvalue weighted by atomic mass is 19.4. The first-order valence-electron chi connectivity index (χ1n) is 13.2. The Morgan fingerprint density at radius 2 is 1.88 bits per heavy atom. The van der Waals surface area contributed by atoms with E-state index in [-0.39, 0.29) is 34.7 Å². The quantitative estimate of drug-likeness (QED) is 0.379. The van der Waals surface area contributed by atoms with E-state index in [0.717, 1.165) is 17.8 Å². The first-order valence-corrected chi connectivity index (χ1v) is 13.2. The number of rotatable bonds is 6. The number of aliphatic imine (C=N–C) groups is 1. The number of aromatic nitrogens is 1. The van der Waals surface area contributed by atoms with Gasteiger partial charge in [-0.05, 0) is 37.3 Å². The van der Waals surface area contributed by atoms with Crippen LogP contribution in [-0.2, 0) is 11.0 Å². The van der Waals surface area contributed by atoms with Crippen molar-refractivity contribution >= 4 is 29.0 Å².